The number of morpholine rings is 1. The van der Waals surface area contributed by atoms with Gasteiger partial charge in [-0.3, -0.25) is 0 Å². The van der Waals surface area contributed by atoms with Crippen molar-refractivity contribution in [2.24, 2.45) is 0 Å². The molecule has 98 valence electrons. The summed E-state index contributed by atoms with van der Waals surface area (Å²) in [5, 5.41) is 20.6. The first-order chi connectivity index (χ1) is 8.74. The number of rotatable bonds is 5. The molecule has 1 aliphatic rings. The maximum atomic E-state index is 8.66. The van der Waals surface area contributed by atoms with Crippen molar-refractivity contribution in [3.8, 4) is 5.75 Å². The van der Waals surface area contributed by atoms with E-state index in [-0.39, 0.29) is 6.10 Å². The zero-order valence-corrected chi connectivity index (χ0v) is 10.2. The predicted octanol–water partition coefficient (Wildman–Crippen LogP) is -0.0441. The van der Waals surface area contributed by atoms with Gasteiger partial charge in [0.05, 0.1) is 12.7 Å². The zero-order chi connectivity index (χ0) is 12.8. The molecule has 18 heavy (non-hydrogen) atoms. The van der Waals surface area contributed by atoms with Crippen LogP contribution in [0.1, 0.15) is 12.0 Å². The highest BCUT2D eigenvalue weighted by atomic mass is 16.6. The summed E-state index contributed by atoms with van der Waals surface area (Å²) in [5.41, 5.74) is 1.18. The van der Waals surface area contributed by atoms with E-state index in [4.69, 9.17) is 19.4 Å². The average molecular weight is 251 g/mol. The van der Waals surface area contributed by atoms with E-state index in [9.17, 15) is 0 Å². The molecule has 1 atom stereocenters. The van der Waals surface area contributed by atoms with Crippen LogP contribution in [0.4, 0.5) is 0 Å². The van der Waals surface area contributed by atoms with E-state index in [0.29, 0.717) is 5.75 Å². The first-order valence-electron chi connectivity index (χ1n) is 6.18. The summed E-state index contributed by atoms with van der Waals surface area (Å²) in [7, 11) is -1.77. The Balaban J connectivity index is 1.78. The van der Waals surface area contributed by atoms with Crippen molar-refractivity contribution in [3.63, 3.8) is 0 Å². The second-order valence-electron chi connectivity index (χ2n) is 4.32. The maximum absolute atomic E-state index is 8.66. The molecule has 2 rings (SSSR count). The largest absolute Gasteiger partial charge is 0.707 e. The molecule has 0 amide bonds. The van der Waals surface area contributed by atoms with Crippen LogP contribution in [0.15, 0.2) is 24.3 Å². The average Bonchev–Trinajstić information content (AvgIpc) is 2.38. The molecule has 1 heterocycles. The minimum Gasteiger partial charge on any atom is -0.512 e. The van der Waals surface area contributed by atoms with Crippen LogP contribution < -0.4 is 9.97 Å². The quantitative estimate of drug-likeness (QED) is 0.640. The summed E-state index contributed by atoms with van der Waals surface area (Å²) < 4.78 is 10.4. The zero-order valence-electron chi connectivity index (χ0n) is 10.2. The van der Waals surface area contributed by atoms with Crippen LogP contribution in [-0.2, 0) is 11.2 Å². The molecule has 1 aromatic carbocycles. The van der Waals surface area contributed by atoms with E-state index >= 15 is 0 Å². The first-order valence-corrected chi connectivity index (χ1v) is 6.18. The van der Waals surface area contributed by atoms with E-state index in [0.717, 1.165) is 32.5 Å². The van der Waals surface area contributed by atoms with Crippen LogP contribution in [0.25, 0.3) is 0 Å². The Labute approximate surface area is 107 Å². The van der Waals surface area contributed by atoms with Gasteiger partial charge in [-0.1, -0.05) is 12.1 Å². The Bertz CT molecular complexity index is 352. The second kappa shape index (κ2) is 6.75. The fourth-order valence-electron chi connectivity index (χ4n) is 1.99. The lowest BCUT2D eigenvalue weighted by Crippen LogP contribution is -2.38. The van der Waals surface area contributed by atoms with Crippen LogP contribution >= 0.6 is 0 Å². The van der Waals surface area contributed by atoms with Gasteiger partial charge in [-0.15, -0.1) is 0 Å². The van der Waals surface area contributed by atoms with Crippen molar-refractivity contribution in [2.75, 3.05) is 19.7 Å². The topological polar surface area (TPSA) is 71.0 Å². The Kier molecular flexibility index (Phi) is 5.01. The molecule has 0 saturated carbocycles. The molecule has 1 aliphatic heterocycles. The van der Waals surface area contributed by atoms with Gasteiger partial charge in [0.2, 0.25) is 0 Å². The van der Waals surface area contributed by atoms with Crippen molar-refractivity contribution >= 4 is 7.32 Å². The molecular formula is C12H18BNO4. The van der Waals surface area contributed by atoms with E-state index in [2.05, 4.69) is 5.32 Å². The van der Waals surface area contributed by atoms with Crippen LogP contribution in [0, 0.1) is 0 Å². The van der Waals surface area contributed by atoms with Gasteiger partial charge >= 0.3 is 7.32 Å². The number of ether oxygens (including phenoxy) is 1. The Morgan fingerprint density at radius 2 is 2.11 bits per heavy atom. The molecular weight excluding hydrogens is 233 g/mol. The molecule has 0 aliphatic carbocycles. The third kappa shape index (κ3) is 4.31. The highest BCUT2D eigenvalue weighted by Gasteiger charge is 2.13. The fraction of sp³-hybridized carbons (Fsp3) is 0.500. The molecule has 1 unspecified atom stereocenters. The van der Waals surface area contributed by atoms with Gasteiger partial charge < -0.3 is 24.8 Å². The van der Waals surface area contributed by atoms with Crippen molar-refractivity contribution in [2.45, 2.75) is 18.9 Å². The molecule has 3 N–H and O–H groups in total. The van der Waals surface area contributed by atoms with E-state index in [1.54, 1.807) is 12.1 Å². The van der Waals surface area contributed by atoms with Gasteiger partial charge in [0.25, 0.3) is 0 Å². The highest BCUT2D eigenvalue weighted by molar-refractivity contribution is 6.33. The molecule has 1 aromatic rings. The summed E-state index contributed by atoms with van der Waals surface area (Å²) in [5.74, 6) is 0.448. The highest BCUT2D eigenvalue weighted by Crippen LogP contribution is 2.15. The Hall–Kier alpha value is -1.08. The number of aryl methyl sites for hydroxylation is 1. The lowest BCUT2D eigenvalue weighted by molar-refractivity contribution is 0.0238. The smallest absolute Gasteiger partial charge is 0.512 e. The molecule has 5 nitrogen and oxygen atoms in total. The minimum atomic E-state index is -1.77. The van der Waals surface area contributed by atoms with E-state index in [1.165, 1.54) is 5.56 Å². The molecule has 1 fully saturated rings. The SMILES string of the molecule is OB(O)Oc1ccc(CCC2CNCCO2)cc1. The van der Waals surface area contributed by atoms with Crippen LogP contribution in [-0.4, -0.2) is 43.2 Å². The van der Waals surface area contributed by atoms with Crippen LogP contribution in [0.2, 0.25) is 0 Å². The monoisotopic (exact) mass is 251 g/mol. The minimum absolute atomic E-state index is 0.286. The van der Waals surface area contributed by atoms with Gasteiger partial charge in [-0.05, 0) is 30.5 Å². The van der Waals surface area contributed by atoms with Crippen LogP contribution in [0.3, 0.4) is 0 Å². The second-order valence-corrected chi connectivity index (χ2v) is 4.32. The maximum Gasteiger partial charge on any atom is 0.707 e. The number of nitrogens with one attached hydrogen (secondary N) is 1. The predicted molar refractivity (Wildman–Crippen MR) is 68.2 cm³/mol. The molecule has 0 spiro atoms. The van der Waals surface area contributed by atoms with Gasteiger partial charge in [0.15, 0.2) is 0 Å². The van der Waals surface area contributed by atoms with Crippen molar-refractivity contribution < 1.29 is 19.4 Å². The lowest BCUT2D eigenvalue weighted by atomic mass is 10.1. The third-order valence-electron chi connectivity index (χ3n) is 2.92. The van der Waals surface area contributed by atoms with Gasteiger partial charge in [0.1, 0.15) is 5.75 Å². The summed E-state index contributed by atoms with van der Waals surface area (Å²) in [6.45, 7) is 2.63. The van der Waals surface area contributed by atoms with Gasteiger partial charge in [0, 0.05) is 13.1 Å². The molecule has 1 saturated heterocycles. The number of benzene rings is 1. The molecule has 0 aromatic heterocycles. The van der Waals surface area contributed by atoms with Crippen molar-refractivity contribution in [3.05, 3.63) is 29.8 Å². The van der Waals surface area contributed by atoms with Crippen molar-refractivity contribution in [1.29, 1.82) is 0 Å². The van der Waals surface area contributed by atoms with Crippen LogP contribution in [0.5, 0.6) is 5.75 Å². The number of hydrogen-bond acceptors (Lipinski definition) is 5. The summed E-state index contributed by atoms with van der Waals surface area (Å²) in [6.07, 6.45) is 2.21. The number of hydrogen-bond donors (Lipinski definition) is 3. The first kappa shape index (κ1) is 13.4. The summed E-state index contributed by atoms with van der Waals surface area (Å²) >= 11 is 0. The summed E-state index contributed by atoms with van der Waals surface area (Å²) in [6, 6.07) is 7.31. The normalized spacial score (nSPS) is 19.6. The third-order valence-corrected chi connectivity index (χ3v) is 2.92. The Morgan fingerprint density at radius 3 is 2.72 bits per heavy atom. The standard InChI is InChI=1S/C12H18BNO4/c15-13(16)18-11-4-1-10(2-5-11)3-6-12-9-14-7-8-17-12/h1-2,4-5,12,14-16H,3,6-9H2. The van der Waals surface area contributed by atoms with Gasteiger partial charge in [-0.25, -0.2) is 0 Å². The van der Waals surface area contributed by atoms with E-state index in [1.807, 2.05) is 12.1 Å². The van der Waals surface area contributed by atoms with Crippen molar-refractivity contribution in [1.82, 2.24) is 5.32 Å². The lowest BCUT2D eigenvalue weighted by Gasteiger charge is -2.23. The fourth-order valence-corrected chi connectivity index (χ4v) is 1.99. The Morgan fingerprint density at radius 1 is 1.33 bits per heavy atom. The summed E-state index contributed by atoms with van der Waals surface area (Å²) in [4.78, 5) is 0. The van der Waals surface area contributed by atoms with E-state index < -0.39 is 7.32 Å². The molecule has 0 bridgehead atoms. The molecule has 6 heteroatoms. The molecule has 0 radical (unpaired) electrons. The van der Waals surface area contributed by atoms with Gasteiger partial charge in [-0.2, -0.15) is 0 Å².